The van der Waals surface area contributed by atoms with Crippen molar-refractivity contribution >= 4 is 17.6 Å². The third kappa shape index (κ3) is 3.31. The molecule has 3 nitrogen and oxygen atoms in total. The summed E-state index contributed by atoms with van der Waals surface area (Å²) in [7, 11) is 1.54. The summed E-state index contributed by atoms with van der Waals surface area (Å²) in [6, 6.07) is 14.5. The normalized spacial score (nSPS) is 11.9. The molecule has 1 N–H and O–H groups in total. The molecule has 2 aromatic carbocycles. The van der Waals surface area contributed by atoms with Crippen LogP contribution in [0.1, 0.15) is 17.0 Å². The molecule has 104 valence electrons. The largest absolute Gasteiger partial charge is 0.495 e. The van der Waals surface area contributed by atoms with Crippen molar-refractivity contribution in [2.75, 3.05) is 7.11 Å². The summed E-state index contributed by atoms with van der Waals surface area (Å²) in [6.07, 6.45) is 0.396. The smallest absolute Gasteiger partial charge is 0.311 e. The van der Waals surface area contributed by atoms with E-state index in [4.69, 9.17) is 16.3 Å². The van der Waals surface area contributed by atoms with Crippen LogP contribution < -0.4 is 4.74 Å². The van der Waals surface area contributed by atoms with Crippen molar-refractivity contribution in [3.63, 3.8) is 0 Å². The monoisotopic (exact) mass is 290 g/mol. The van der Waals surface area contributed by atoms with E-state index >= 15 is 0 Å². The molecule has 1 atom stereocenters. The molecule has 0 bridgehead atoms. The average molecular weight is 291 g/mol. The van der Waals surface area contributed by atoms with E-state index in [1.54, 1.807) is 12.1 Å². The van der Waals surface area contributed by atoms with Crippen molar-refractivity contribution in [1.29, 1.82) is 0 Å². The zero-order valence-corrected chi connectivity index (χ0v) is 11.8. The highest BCUT2D eigenvalue weighted by Gasteiger charge is 2.20. The minimum atomic E-state index is -0.842. The maximum atomic E-state index is 11.5. The van der Waals surface area contributed by atoms with Crippen LogP contribution in [0.4, 0.5) is 0 Å². The fourth-order valence-corrected chi connectivity index (χ4v) is 2.29. The first-order valence-electron chi connectivity index (χ1n) is 6.22. The fourth-order valence-electron chi connectivity index (χ4n) is 2.10. The van der Waals surface area contributed by atoms with Gasteiger partial charge in [-0.2, -0.15) is 0 Å². The SMILES string of the molecule is COc1cc(CC(C(=O)O)c2ccccc2)ccc1Cl. The van der Waals surface area contributed by atoms with Crippen LogP contribution in [0.3, 0.4) is 0 Å². The van der Waals surface area contributed by atoms with Crippen LogP contribution in [-0.2, 0) is 11.2 Å². The van der Waals surface area contributed by atoms with Gasteiger partial charge in [0.25, 0.3) is 0 Å². The molecular formula is C16H15ClO3. The number of methoxy groups -OCH3 is 1. The molecule has 0 saturated carbocycles. The van der Waals surface area contributed by atoms with Gasteiger partial charge in [0.1, 0.15) is 5.75 Å². The van der Waals surface area contributed by atoms with Crippen LogP contribution in [0.5, 0.6) is 5.75 Å². The first-order valence-corrected chi connectivity index (χ1v) is 6.59. The number of hydrogen-bond acceptors (Lipinski definition) is 2. The molecule has 0 aliphatic rings. The Morgan fingerprint density at radius 3 is 2.55 bits per heavy atom. The Morgan fingerprint density at radius 2 is 1.95 bits per heavy atom. The van der Waals surface area contributed by atoms with E-state index < -0.39 is 11.9 Å². The van der Waals surface area contributed by atoms with Crippen molar-refractivity contribution < 1.29 is 14.6 Å². The van der Waals surface area contributed by atoms with Gasteiger partial charge < -0.3 is 9.84 Å². The molecule has 0 radical (unpaired) electrons. The molecule has 0 saturated heterocycles. The molecule has 0 spiro atoms. The van der Waals surface area contributed by atoms with Crippen LogP contribution >= 0.6 is 11.6 Å². The number of aliphatic carboxylic acids is 1. The Balaban J connectivity index is 2.27. The van der Waals surface area contributed by atoms with Crippen molar-refractivity contribution in [2.24, 2.45) is 0 Å². The number of ether oxygens (including phenoxy) is 1. The third-order valence-corrected chi connectivity index (χ3v) is 3.47. The van der Waals surface area contributed by atoms with Crippen molar-refractivity contribution in [3.05, 3.63) is 64.7 Å². The predicted molar refractivity (Wildman–Crippen MR) is 78.5 cm³/mol. The zero-order valence-electron chi connectivity index (χ0n) is 11.0. The quantitative estimate of drug-likeness (QED) is 0.912. The Hall–Kier alpha value is -2.00. The second kappa shape index (κ2) is 6.44. The second-order valence-corrected chi connectivity index (χ2v) is 4.88. The van der Waals surface area contributed by atoms with E-state index in [0.717, 1.165) is 11.1 Å². The van der Waals surface area contributed by atoms with Crippen LogP contribution in [-0.4, -0.2) is 18.2 Å². The van der Waals surface area contributed by atoms with Crippen LogP contribution in [0, 0.1) is 0 Å². The number of halogens is 1. The molecule has 2 aromatic rings. The highest BCUT2D eigenvalue weighted by molar-refractivity contribution is 6.32. The van der Waals surface area contributed by atoms with Gasteiger partial charge in [0.05, 0.1) is 18.1 Å². The molecule has 1 unspecified atom stereocenters. The summed E-state index contributed by atoms with van der Waals surface area (Å²) in [5.74, 6) is -0.867. The lowest BCUT2D eigenvalue weighted by molar-refractivity contribution is -0.138. The highest BCUT2D eigenvalue weighted by atomic mass is 35.5. The summed E-state index contributed by atoms with van der Waals surface area (Å²) < 4.78 is 5.15. The van der Waals surface area contributed by atoms with Gasteiger partial charge in [-0.3, -0.25) is 4.79 Å². The summed E-state index contributed by atoms with van der Waals surface area (Å²) in [5, 5.41) is 9.93. The Morgan fingerprint density at radius 1 is 1.25 bits per heavy atom. The van der Waals surface area contributed by atoms with E-state index in [1.807, 2.05) is 36.4 Å². The van der Waals surface area contributed by atoms with Crippen molar-refractivity contribution in [2.45, 2.75) is 12.3 Å². The number of rotatable bonds is 5. The van der Waals surface area contributed by atoms with E-state index in [0.29, 0.717) is 17.2 Å². The molecule has 2 rings (SSSR count). The van der Waals surface area contributed by atoms with Gasteiger partial charge in [-0.25, -0.2) is 0 Å². The van der Waals surface area contributed by atoms with Gasteiger partial charge in [-0.15, -0.1) is 0 Å². The predicted octanol–water partition coefficient (Wildman–Crippen LogP) is 3.76. The Labute approximate surface area is 122 Å². The standard InChI is InChI=1S/C16H15ClO3/c1-20-15-10-11(7-8-14(15)17)9-13(16(18)19)12-5-3-2-4-6-12/h2-8,10,13H,9H2,1H3,(H,18,19). The Kier molecular flexibility index (Phi) is 4.64. The summed E-state index contributed by atoms with van der Waals surface area (Å²) >= 11 is 5.97. The number of carboxylic acids is 1. The number of hydrogen-bond donors (Lipinski definition) is 1. The Bertz CT molecular complexity index is 596. The average Bonchev–Trinajstić information content (AvgIpc) is 2.47. The lowest BCUT2D eigenvalue weighted by Crippen LogP contribution is -2.14. The molecule has 0 aromatic heterocycles. The van der Waals surface area contributed by atoms with E-state index in [1.165, 1.54) is 7.11 Å². The lowest BCUT2D eigenvalue weighted by atomic mass is 9.92. The number of carbonyl (C=O) groups is 1. The maximum Gasteiger partial charge on any atom is 0.311 e. The van der Waals surface area contributed by atoms with E-state index in [2.05, 4.69) is 0 Å². The van der Waals surface area contributed by atoms with Gasteiger partial charge in [0, 0.05) is 0 Å². The van der Waals surface area contributed by atoms with Gasteiger partial charge in [0.2, 0.25) is 0 Å². The molecule has 0 aliphatic carbocycles. The molecule has 0 heterocycles. The molecular weight excluding hydrogens is 276 g/mol. The second-order valence-electron chi connectivity index (χ2n) is 4.47. The van der Waals surface area contributed by atoms with Gasteiger partial charge >= 0.3 is 5.97 Å². The first kappa shape index (κ1) is 14.4. The molecule has 20 heavy (non-hydrogen) atoms. The van der Waals surface area contributed by atoms with Crippen LogP contribution in [0.2, 0.25) is 5.02 Å². The summed E-state index contributed by atoms with van der Waals surface area (Å²) in [6.45, 7) is 0. The summed E-state index contributed by atoms with van der Waals surface area (Å²) in [4.78, 5) is 11.5. The topological polar surface area (TPSA) is 46.5 Å². The first-order chi connectivity index (χ1) is 9.61. The maximum absolute atomic E-state index is 11.5. The molecule has 4 heteroatoms. The number of benzene rings is 2. The lowest BCUT2D eigenvalue weighted by Gasteiger charge is -2.14. The minimum Gasteiger partial charge on any atom is -0.495 e. The third-order valence-electron chi connectivity index (χ3n) is 3.16. The zero-order chi connectivity index (χ0) is 14.5. The minimum absolute atomic E-state index is 0.396. The van der Waals surface area contributed by atoms with Crippen molar-refractivity contribution in [3.8, 4) is 5.75 Å². The van der Waals surface area contributed by atoms with Crippen molar-refractivity contribution in [1.82, 2.24) is 0 Å². The van der Waals surface area contributed by atoms with Crippen LogP contribution in [0.25, 0.3) is 0 Å². The molecule has 0 amide bonds. The van der Waals surface area contributed by atoms with Gasteiger partial charge in [-0.05, 0) is 29.7 Å². The number of carboxylic acid groups (broad SMARTS) is 1. The highest BCUT2D eigenvalue weighted by Crippen LogP contribution is 2.28. The van der Waals surface area contributed by atoms with E-state index in [-0.39, 0.29) is 0 Å². The summed E-state index contributed by atoms with van der Waals surface area (Å²) in [5.41, 5.74) is 1.66. The van der Waals surface area contributed by atoms with E-state index in [9.17, 15) is 9.90 Å². The molecule has 0 aliphatic heterocycles. The van der Waals surface area contributed by atoms with Gasteiger partial charge in [0.15, 0.2) is 0 Å². The van der Waals surface area contributed by atoms with Gasteiger partial charge in [-0.1, -0.05) is 48.0 Å². The fraction of sp³-hybridized carbons (Fsp3) is 0.188. The van der Waals surface area contributed by atoms with Crippen LogP contribution in [0.15, 0.2) is 48.5 Å². The molecule has 0 fully saturated rings.